The van der Waals surface area contributed by atoms with E-state index in [2.05, 4.69) is 16.7 Å². The summed E-state index contributed by atoms with van der Waals surface area (Å²) in [4.78, 5) is 20.7. The lowest BCUT2D eigenvalue weighted by atomic mass is 10.0. The smallest absolute Gasteiger partial charge is 0.376 e. The van der Waals surface area contributed by atoms with Crippen molar-refractivity contribution in [1.29, 1.82) is 0 Å². The largest absolute Gasteiger partial charge is 0.507 e. The van der Waals surface area contributed by atoms with Crippen molar-refractivity contribution in [3.8, 4) is 5.75 Å². The predicted octanol–water partition coefficient (Wildman–Crippen LogP) is 3.23. The van der Waals surface area contributed by atoms with E-state index in [0.29, 0.717) is 0 Å². The first kappa shape index (κ1) is 14.5. The summed E-state index contributed by atoms with van der Waals surface area (Å²) in [6.07, 6.45) is 4.27. The Hall–Kier alpha value is -1.55. The Bertz CT molecular complexity index is 387. The maximum absolute atomic E-state index is 11.6. The van der Waals surface area contributed by atoms with Crippen molar-refractivity contribution >= 4 is 5.97 Å². The minimum atomic E-state index is -0.660. The number of hydrogen-bond acceptors (Lipinski definition) is 4. The lowest BCUT2D eigenvalue weighted by Gasteiger charge is -2.06. The number of aromatic hydroxyl groups is 1. The van der Waals surface area contributed by atoms with Crippen LogP contribution in [0.3, 0.4) is 0 Å². The molecule has 0 aliphatic carbocycles. The lowest BCUT2D eigenvalue weighted by molar-refractivity contribution is -0.237. The first-order valence-corrected chi connectivity index (χ1v) is 6.34. The number of benzene rings is 1. The summed E-state index contributed by atoms with van der Waals surface area (Å²) in [7, 11) is 0. The van der Waals surface area contributed by atoms with Gasteiger partial charge in [0.2, 0.25) is 0 Å². The van der Waals surface area contributed by atoms with Crippen molar-refractivity contribution < 1.29 is 19.7 Å². The summed E-state index contributed by atoms with van der Waals surface area (Å²) in [6.45, 7) is 4.14. The highest BCUT2D eigenvalue weighted by Gasteiger charge is 2.14. The van der Waals surface area contributed by atoms with Gasteiger partial charge in [-0.05, 0) is 37.5 Å². The number of unbranched alkanes of at least 4 members (excludes halogenated alkanes) is 2. The lowest BCUT2D eigenvalue weighted by Crippen LogP contribution is -2.06. The van der Waals surface area contributed by atoms with Crippen molar-refractivity contribution in [3.05, 3.63) is 29.3 Å². The van der Waals surface area contributed by atoms with E-state index in [1.807, 2.05) is 6.07 Å². The molecule has 0 heterocycles. The predicted molar refractivity (Wildman–Crippen MR) is 68.4 cm³/mol. The van der Waals surface area contributed by atoms with Gasteiger partial charge in [0, 0.05) is 0 Å². The Labute approximate surface area is 107 Å². The summed E-state index contributed by atoms with van der Waals surface area (Å²) in [5.41, 5.74) is 1.17. The van der Waals surface area contributed by atoms with Crippen molar-refractivity contribution in [2.75, 3.05) is 6.61 Å². The van der Waals surface area contributed by atoms with Crippen molar-refractivity contribution in [2.45, 2.75) is 39.5 Å². The Morgan fingerprint density at radius 1 is 1.28 bits per heavy atom. The zero-order valence-corrected chi connectivity index (χ0v) is 10.9. The van der Waals surface area contributed by atoms with Crippen LogP contribution in [-0.2, 0) is 16.2 Å². The third-order valence-electron chi connectivity index (χ3n) is 2.60. The molecule has 0 unspecified atom stereocenters. The Morgan fingerprint density at radius 3 is 2.72 bits per heavy atom. The standard InChI is InChI=1S/C14H20O4/c1-3-5-6-7-11-8-9-13(15)12(10-11)14(16)18-17-4-2/h8-10,15H,3-7H2,1-2H3. The van der Waals surface area contributed by atoms with Gasteiger partial charge in [0.1, 0.15) is 11.3 Å². The van der Waals surface area contributed by atoms with Crippen LogP contribution >= 0.6 is 0 Å². The monoisotopic (exact) mass is 252 g/mol. The molecule has 0 fully saturated rings. The zero-order chi connectivity index (χ0) is 13.4. The molecule has 0 bridgehead atoms. The van der Waals surface area contributed by atoms with Gasteiger partial charge in [-0.3, -0.25) is 4.89 Å². The second-order valence-corrected chi connectivity index (χ2v) is 4.09. The molecule has 0 aliphatic rings. The first-order valence-electron chi connectivity index (χ1n) is 6.34. The van der Waals surface area contributed by atoms with Gasteiger partial charge in [0.05, 0.1) is 6.61 Å². The summed E-state index contributed by atoms with van der Waals surface area (Å²) >= 11 is 0. The van der Waals surface area contributed by atoms with Gasteiger partial charge >= 0.3 is 5.97 Å². The normalized spacial score (nSPS) is 10.3. The molecule has 0 saturated carbocycles. The molecule has 1 aromatic carbocycles. The van der Waals surface area contributed by atoms with Crippen LogP contribution in [0.5, 0.6) is 5.75 Å². The quantitative estimate of drug-likeness (QED) is 0.460. The van der Waals surface area contributed by atoms with Crippen LogP contribution in [0, 0.1) is 0 Å². The fourth-order valence-corrected chi connectivity index (χ4v) is 1.64. The summed E-state index contributed by atoms with van der Waals surface area (Å²) in [5, 5.41) is 9.62. The van der Waals surface area contributed by atoms with Crippen LogP contribution in [0.2, 0.25) is 0 Å². The molecule has 0 aliphatic heterocycles. The summed E-state index contributed by atoms with van der Waals surface area (Å²) < 4.78 is 0. The molecule has 100 valence electrons. The molecule has 0 radical (unpaired) electrons. The number of hydrogen-bond donors (Lipinski definition) is 1. The van der Waals surface area contributed by atoms with Crippen LogP contribution in [0.4, 0.5) is 0 Å². The molecular formula is C14H20O4. The van der Waals surface area contributed by atoms with Gasteiger partial charge in [0.15, 0.2) is 0 Å². The number of phenols is 1. The fraction of sp³-hybridized carbons (Fsp3) is 0.500. The Balaban J connectivity index is 2.71. The van der Waals surface area contributed by atoms with Gasteiger partial charge in [-0.15, -0.1) is 0 Å². The molecule has 0 atom stereocenters. The Kier molecular flexibility index (Phi) is 6.22. The fourth-order valence-electron chi connectivity index (χ4n) is 1.64. The van der Waals surface area contributed by atoms with Gasteiger partial charge in [-0.1, -0.05) is 25.8 Å². The highest BCUT2D eigenvalue weighted by Crippen LogP contribution is 2.21. The average molecular weight is 252 g/mol. The van der Waals surface area contributed by atoms with Gasteiger partial charge in [-0.25, -0.2) is 4.79 Å². The number of aryl methyl sites for hydroxylation is 1. The van der Waals surface area contributed by atoms with E-state index < -0.39 is 5.97 Å². The van der Waals surface area contributed by atoms with E-state index in [1.165, 1.54) is 6.07 Å². The molecule has 18 heavy (non-hydrogen) atoms. The highest BCUT2D eigenvalue weighted by molar-refractivity contribution is 5.92. The van der Waals surface area contributed by atoms with Gasteiger partial charge in [-0.2, -0.15) is 4.89 Å². The molecule has 0 aromatic heterocycles. The van der Waals surface area contributed by atoms with Crippen LogP contribution in [0.25, 0.3) is 0 Å². The number of rotatable bonds is 7. The second kappa shape index (κ2) is 7.71. The maximum atomic E-state index is 11.6. The van der Waals surface area contributed by atoms with E-state index >= 15 is 0 Å². The molecule has 1 aromatic rings. The zero-order valence-electron chi connectivity index (χ0n) is 10.9. The summed E-state index contributed by atoms with van der Waals surface area (Å²) in [6, 6.07) is 5.00. The minimum Gasteiger partial charge on any atom is -0.507 e. The Morgan fingerprint density at radius 2 is 2.06 bits per heavy atom. The highest BCUT2D eigenvalue weighted by atomic mass is 17.2. The van der Waals surface area contributed by atoms with Crippen molar-refractivity contribution in [3.63, 3.8) is 0 Å². The number of carbonyl (C=O) groups is 1. The van der Waals surface area contributed by atoms with E-state index in [0.717, 1.165) is 31.2 Å². The second-order valence-electron chi connectivity index (χ2n) is 4.09. The molecule has 0 spiro atoms. The van der Waals surface area contributed by atoms with E-state index in [4.69, 9.17) is 0 Å². The van der Waals surface area contributed by atoms with Crippen molar-refractivity contribution in [2.24, 2.45) is 0 Å². The van der Waals surface area contributed by atoms with Crippen LogP contribution in [0.15, 0.2) is 18.2 Å². The van der Waals surface area contributed by atoms with Gasteiger partial charge < -0.3 is 5.11 Å². The number of phenolic OH excluding ortho intramolecular Hbond substituents is 1. The maximum Gasteiger partial charge on any atom is 0.376 e. The summed E-state index contributed by atoms with van der Waals surface area (Å²) in [5.74, 6) is -0.745. The van der Waals surface area contributed by atoms with E-state index in [-0.39, 0.29) is 17.9 Å². The number of carbonyl (C=O) groups excluding carboxylic acids is 1. The van der Waals surface area contributed by atoms with Gasteiger partial charge in [0.25, 0.3) is 0 Å². The van der Waals surface area contributed by atoms with Crippen LogP contribution in [0.1, 0.15) is 49.0 Å². The van der Waals surface area contributed by atoms with E-state index in [9.17, 15) is 9.90 Å². The topological polar surface area (TPSA) is 55.8 Å². The minimum absolute atomic E-state index is 0.0843. The third-order valence-corrected chi connectivity index (χ3v) is 2.60. The average Bonchev–Trinajstić information content (AvgIpc) is 2.38. The molecule has 0 saturated heterocycles. The van der Waals surface area contributed by atoms with Crippen molar-refractivity contribution in [1.82, 2.24) is 0 Å². The molecule has 1 rings (SSSR count). The molecule has 4 nitrogen and oxygen atoms in total. The first-order chi connectivity index (χ1) is 8.69. The van der Waals surface area contributed by atoms with Crippen LogP contribution in [-0.4, -0.2) is 17.7 Å². The molecular weight excluding hydrogens is 232 g/mol. The molecule has 4 heteroatoms. The SMILES string of the molecule is CCCCCc1ccc(O)c(C(=O)OOCC)c1. The van der Waals surface area contributed by atoms with Crippen LogP contribution < -0.4 is 0 Å². The van der Waals surface area contributed by atoms with E-state index in [1.54, 1.807) is 13.0 Å². The molecule has 0 amide bonds. The third kappa shape index (κ3) is 4.37. The molecule has 1 N–H and O–H groups in total.